The lowest BCUT2D eigenvalue weighted by Crippen LogP contribution is -2.36. The zero-order valence-electron chi connectivity index (χ0n) is 18.5. The van der Waals surface area contributed by atoms with Crippen molar-refractivity contribution in [3.8, 4) is 5.75 Å². The van der Waals surface area contributed by atoms with Crippen molar-refractivity contribution in [1.82, 2.24) is 0 Å². The molecule has 0 radical (unpaired) electrons. The van der Waals surface area contributed by atoms with E-state index in [1.165, 1.54) is 51.4 Å². The van der Waals surface area contributed by atoms with Crippen LogP contribution in [0.4, 0.5) is 5.69 Å². The van der Waals surface area contributed by atoms with Crippen LogP contribution in [-0.4, -0.2) is 23.6 Å². The SMILES string of the molecule is CCCCCCCCCCCOc1ccc(NC(=O)C2CCCCC2C(=O)O)cc1. The fourth-order valence-electron chi connectivity index (χ4n) is 4.21. The summed E-state index contributed by atoms with van der Waals surface area (Å²) < 4.78 is 5.80. The van der Waals surface area contributed by atoms with Gasteiger partial charge in [-0.25, -0.2) is 0 Å². The van der Waals surface area contributed by atoms with Crippen molar-refractivity contribution in [2.45, 2.75) is 90.4 Å². The Kier molecular flexibility index (Phi) is 11.3. The molecule has 2 unspecified atom stereocenters. The Morgan fingerprint density at radius 2 is 1.47 bits per heavy atom. The average molecular weight is 418 g/mol. The highest BCUT2D eigenvalue weighted by Crippen LogP contribution is 2.31. The molecule has 2 rings (SSSR count). The maximum absolute atomic E-state index is 12.5. The molecule has 168 valence electrons. The van der Waals surface area contributed by atoms with Crippen molar-refractivity contribution in [3.63, 3.8) is 0 Å². The number of benzene rings is 1. The Morgan fingerprint density at radius 1 is 0.900 bits per heavy atom. The Hall–Kier alpha value is -2.04. The third-order valence-electron chi connectivity index (χ3n) is 6.06. The van der Waals surface area contributed by atoms with Crippen molar-refractivity contribution in [1.29, 1.82) is 0 Å². The highest BCUT2D eigenvalue weighted by atomic mass is 16.5. The van der Waals surface area contributed by atoms with Crippen LogP contribution in [0.3, 0.4) is 0 Å². The van der Waals surface area contributed by atoms with Crippen LogP contribution in [0.15, 0.2) is 24.3 Å². The molecule has 1 aliphatic rings. The second-order valence-corrected chi connectivity index (χ2v) is 8.53. The van der Waals surface area contributed by atoms with Gasteiger partial charge in [0.15, 0.2) is 0 Å². The number of ether oxygens (including phenoxy) is 1. The minimum Gasteiger partial charge on any atom is -0.494 e. The van der Waals surface area contributed by atoms with E-state index in [-0.39, 0.29) is 5.91 Å². The van der Waals surface area contributed by atoms with Crippen LogP contribution in [0.5, 0.6) is 5.75 Å². The standard InChI is InChI=1S/C25H39NO4/c1-2-3-4-5-6-7-8-9-12-19-30-21-17-15-20(16-18-21)26-24(27)22-13-10-11-14-23(22)25(28)29/h15-18,22-23H,2-14,19H2,1H3,(H,26,27)(H,28,29). The van der Waals surface area contributed by atoms with Crippen LogP contribution in [-0.2, 0) is 9.59 Å². The van der Waals surface area contributed by atoms with E-state index >= 15 is 0 Å². The van der Waals surface area contributed by atoms with Gasteiger partial charge in [0.05, 0.1) is 18.4 Å². The zero-order valence-corrected chi connectivity index (χ0v) is 18.5. The second-order valence-electron chi connectivity index (χ2n) is 8.53. The fraction of sp³-hybridized carbons (Fsp3) is 0.680. The first kappa shape index (κ1) is 24.2. The molecule has 0 aliphatic heterocycles. The number of carboxylic acids is 1. The van der Waals surface area contributed by atoms with E-state index in [2.05, 4.69) is 12.2 Å². The lowest BCUT2D eigenvalue weighted by atomic mass is 9.78. The summed E-state index contributed by atoms with van der Waals surface area (Å²) in [5.74, 6) is -1.27. The Bertz CT molecular complexity index is 629. The smallest absolute Gasteiger partial charge is 0.307 e. The van der Waals surface area contributed by atoms with E-state index in [0.29, 0.717) is 25.1 Å². The van der Waals surface area contributed by atoms with Gasteiger partial charge >= 0.3 is 5.97 Å². The normalized spacial score (nSPS) is 18.7. The highest BCUT2D eigenvalue weighted by Gasteiger charge is 2.35. The summed E-state index contributed by atoms with van der Waals surface area (Å²) in [5.41, 5.74) is 0.685. The summed E-state index contributed by atoms with van der Waals surface area (Å²) in [6.45, 7) is 2.96. The highest BCUT2D eigenvalue weighted by molar-refractivity contribution is 5.95. The molecule has 0 aromatic heterocycles. The largest absolute Gasteiger partial charge is 0.494 e. The van der Waals surface area contributed by atoms with Gasteiger partial charge in [-0.2, -0.15) is 0 Å². The van der Waals surface area contributed by atoms with E-state index in [4.69, 9.17) is 4.74 Å². The molecule has 0 saturated heterocycles. The van der Waals surface area contributed by atoms with Crippen molar-refractivity contribution in [3.05, 3.63) is 24.3 Å². The first-order valence-electron chi connectivity index (χ1n) is 11.9. The lowest BCUT2D eigenvalue weighted by Gasteiger charge is -2.27. The van der Waals surface area contributed by atoms with Gasteiger partial charge in [-0.15, -0.1) is 0 Å². The molecule has 2 atom stereocenters. The minimum absolute atomic E-state index is 0.189. The molecule has 5 heteroatoms. The number of carboxylic acid groups (broad SMARTS) is 1. The third-order valence-corrected chi connectivity index (χ3v) is 6.06. The molecule has 1 amide bonds. The zero-order chi connectivity index (χ0) is 21.6. The number of hydrogen-bond donors (Lipinski definition) is 2. The number of carbonyl (C=O) groups is 2. The van der Waals surface area contributed by atoms with Crippen molar-refractivity contribution < 1.29 is 19.4 Å². The molecule has 5 nitrogen and oxygen atoms in total. The van der Waals surface area contributed by atoms with E-state index in [9.17, 15) is 14.7 Å². The van der Waals surface area contributed by atoms with Gasteiger partial charge < -0.3 is 15.2 Å². The van der Waals surface area contributed by atoms with Crippen LogP contribution < -0.4 is 10.1 Å². The minimum atomic E-state index is -0.866. The molecular formula is C25H39NO4. The van der Waals surface area contributed by atoms with E-state index in [1.807, 2.05) is 24.3 Å². The van der Waals surface area contributed by atoms with Crippen molar-refractivity contribution in [2.24, 2.45) is 11.8 Å². The van der Waals surface area contributed by atoms with Gasteiger partial charge in [0, 0.05) is 5.69 Å². The Balaban J connectivity index is 1.63. The molecule has 1 saturated carbocycles. The predicted molar refractivity (Wildman–Crippen MR) is 121 cm³/mol. The van der Waals surface area contributed by atoms with Crippen molar-refractivity contribution >= 4 is 17.6 Å². The van der Waals surface area contributed by atoms with Crippen molar-refractivity contribution in [2.75, 3.05) is 11.9 Å². The number of anilines is 1. The first-order valence-corrected chi connectivity index (χ1v) is 11.9. The molecule has 0 bridgehead atoms. The molecule has 0 spiro atoms. The van der Waals surface area contributed by atoms with Gasteiger partial charge in [0.25, 0.3) is 0 Å². The summed E-state index contributed by atoms with van der Waals surface area (Å²) in [5, 5.41) is 12.2. The predicted octanol–water partition coefficient (Wildman–Crippen LogP) is 6.43. The van der Waals surface area contributed by atoms with Gasteiger partial charge in [-0.1, -0.05) is 71.1 Å². The second kappa shape index (κ2) is 14.1. The monoisotopic (exact) mass is 417 g/mol. The number of amides is 1. The Labute approximate surface area is 181 Å². The summed E-state index contributed by atoms with van der Waals surface area (Å²) >= 11 is 0. The van der Waals surface area contributed by atoms with Gasteiger partial charge in [0.1, 0.15) is 5.75 Å². The molecule has 1 fully saturated rings. The van der Waals surface area contributed by atoms with E-state index < -0.39 is 17.8 Å². The van der Waals surface area contributed by atoms with Gasteiger partial charge in [-0.3, -0.25) is 9.59 Å². The molecule has 1 aromatic carbocycles. The maximum atomic E-state index is 12.5. The number of aliphatic carboxylic acids is 1. The summed E-state index contributed by atoms with van der Waals surface area (Å²) in [6.07, 6.45) is 14.6. The average Bonchev–Trinajstić information content (AvgIpc) is 2.76. The Morgan fingerprint density at radius 3 is 2.07 bits per heavy atom. The first-order chi connectivity index (χ1) is 14.6. The molecule has 2 N–H and O–H groups in total. The maximum Gasteiger partial charge on any atom is 0.307 e. The number of nitrogens with one attached hydrogen (secondary N) is 1. The summed E-state index contributed by atoms with van der Waals surface area (Å²) in [7, 11) is 0. The molecule has 1 aromatic rings. The summed E-state index contributed by atoms with van der Waals surface area (Å²) in [4.78, 5) is 23.9. The van der Waals surface area contributed by atoms with Gasteiger partial charge in [0.2, 0.25) is 5.91 Å². The van der Waals surface area contributed by atoms with Crippen LogP contribution in [0.1, 0.15) is 90.4 Å². The number of hydrogen-bond acceptors (Lipinski definition) is 3. The number of rotatable bonds is 14. The lowest BCUT2D eigenvalue weighted by molar-refractivity contribution is -0.147. The number of carbonyl (C=O) groups excluding carboxylic acids is 1. The van der Waals surface area contributed by atoms with Crippen LogP contribution >= 0.6 is 0 Å². The van der Waals surface area contributed by atoms with Crippen LogP contribution in [0, 0.1) is 11.8 Å². The molecule has 0 heterocycles. The summed E-state index contributed by atoms with van der Waals surface area (Å²) in [6, 6.07) is 7.36. The van der Waals surface area contributed by atoms with Crippen LogP contribution in [0.2, 0.25) is 0 Å². The topological polar surface area (TPSA) is 75.6 Å². The molecular weight excluding hydrogens is 378 g/mol. The van der Waals surface area contributed by atoms with Gasteiger partial charge in [-0.05, 0) is 43.5 Å². The van der Waals surface area contributed by atoms with E-state index in [1.54, 1.807) is 0 Å². The quantitative estimate of drug-likeness (QED) is 0.342. The van der Waals surface area contributed by atoms with Crippen LogP contribution in [0.25, 0.3) is 0 Å². The molecule has 30 heavy (non-hydrogen) atoms. The third kappa shape index (κ3) is 8.76. The molecule has 1 aliphatic carbocycles. The number of unbranched alkanes of at least 4 members (excludes halogenated alkanes) is 8. The van der Waals surface area contributed by atoms with E-state index in [0.717, 1.165) is 25.0 Å². The fourth-order valence-corrected chi connectivity index (χ4v) is 4.21.